The Hall–Kier alpha value is -3.75. The summed E-state index contributed by atoms with van der Waals surface area (Å²) in [4.78, 5) is 30.3. The molecule has 31 heavy (non-hydrogen) atoms. The number of thiazole rings is 1. The summed E-state index contributed by atoms with van der Waals surface area (Å²) in [5, 5.41) is 6.19. The summed E-state index contributed by atoms with van der Waals surface area (Å²) in [6, 6.07) is 20.6. The number of aromatic nitrogens is 1. The van der Waals surface area contributed by atoms with E-state index in [-0.39, 0.29) is 11.8 Å². The molecule has 0 saturated heterocycles. The lowest BCUT2D eigenvalue weighted by Crippen LogP contribution is -2.37. The van der Waals surface area contributed by atoms with Crippen LogP contribution in [0.1, 0.15) is 27.5 Å². The Labute approximate surface area is 183 Å². The molecule has 0 aliphatic heterocycles. The smallest absolute Gasteiger partial charge is 0.252 e. The van der Waals surface area contributed by atoms with Gasteiger partial charge in [-0.05, 0) is 41.5 Å². The lowest BCUT2D eigenvalue weighted by Gasteiger charge is -2.19. The Bertz CT molecular complexity index is 1240. The first-order chi connectivity index (χ1) is 15.0. The maximum absolute atomic E-state index is 13.2. The number of anilines is 2. The highest BCUT2D eigenvalue weighted by Crippen LogP contribution is 2.27. The number of hydrogen-bond donors (Lipinski definition) is 4. The van der Waals surface area contributed by atoms with E-state index in [4.69, 9.17) is 11.5 Å². The molecule has 1 aromatic heterocycles. The Morgan fingerprint density at radius 2 is 1.81 bits per heavy atom. The van der Waals surface area contributed by atoms with Crippen molar-refractivity contribution < 1.29 is 9.59 Å². The van der Waals surface area contributed by atoms with E-state index in [9.17, 15) is 9.59 Å². The van der Waals surface area contributed by atoms with E-state index in [0.717, 1.165) is 15.8 Å². The van der Waals surface area contributed by atoms with Gasteiger partial charge in [-0.15, -0.1) is 0 Å². The highest BCUT2D eigenvalue weighted by atomic mass is 32.1. The van der Waals surface area contributed by atoms with Gasteiger partial charge in [0.05, 0.1) is 10.2 Å². The van der Waals surface area contributed by atoms with Gasteiger partial charge in [-0.25, -0.2) is 4.98 Å². The molecule has 0 bridgehead atoms. The van der Waals surface area contributed by atoms with Crippen molar-refractivity contribution >= 4 is 44.2 Å². The second-order valence-electron chi connectivity index (χ2n) is 6.95. The fourth-order valence-electron chi connectivity index (χ4n) is 3.23. The lowest BCUT2D eigenvalue weighted by atomic mass is 10.0. The highest BCUT2D eigenvalue weighted by molar-refractivity contribution is 7.22. The summed E-state index contributed by atoms with van der Waals surface area (Å²) < 4.78 is 0.870. The Morgan fingerprint density at radius 3 is 2.58 bits per heavy atom. The average Bonchev–Trinajstić information content (AvgIpc) is 3.17. The van der Waals surface area contributed by atoms with Gasteiger partial charge in [0, 0.05) is 17.8 Å². The molecule has 8 heteroatoms. The number of nitrogens with two attached hydrogens (primary N) is 2. The largest absolute Gasteiger partial charge is 0.375 e. The van der Waals surface area contributed by atoms with Crippen molar-refractivity contribution in [2.45, 2.75) is 12.6 Å². The number of nitrogen functional groups attached to an aromatic ring is 1. The number of rotatable bonds is 6. The normalized spacial score (nSPS) is 11.8. The molecule has 0 aliphatic carbocycles. The zero-order valence-electron chi connectivity index (χ0n) is 16.5. The first kappa shape index (κ1) is 20.5. The van der Waals surface area contributed by atoms with E-state index in [1.807, 2.05) is 30.3 Å². The number of hydrogen-bond acceptors (Lipinski definition) is 6. The molecule has 7 nitrogen and oxygen atoms in total. The third kappa shape index (κ3) is 4.71. The van der Waals surface area contributed by atoms with Crippen LogP contribution in [0.4, 0.5) is 10.8 Å². The molecule has 0 radical (unpaired) electrons. The average molecular weight is 432 g/mol. The third-order valence-corrected chi connectivity index (χ3v) is 5.62. The van der Waals surface area contributed by atoms with Gasteiger partial charge in [-0.3, -0.25) is 9.59 Å². The molecule has 3 aromatic carbocycles. The fraction of sp³-hybridized carbons (Fsp3) is 0.0870. The number of nitrogens with one attached hydrogen (secondary N) is 2. The van der Waals surface area contributed by atoms with Crippen LogP contribution in [-0.2, 0) is 11.3 Å². The lowest BCUT2D eigenvalue weighted by molar-refractivity contribution is -0.118. The van der Waals surface area contributed by atoms with Crippen molar-refractivity contribution in [2.75, 3.05) is 11.1 Å². The number of amides is 2. The van der Waals surface area contributed by atoms with Crippen LogP contribution in [-0.4, -0.2) is 16.8 Å². The maximum Gasteiger partial charge on any atom is 0.252 e. The van der Waals surface area contributed by atoms with Crippen LogP contribution >= 0.6 is 11.3 Å². The SMILES string of the molecule is NCc1cccc(C(=O)NC(C(=O)Nc2ccc3nc(N)sc3c2)c2ccccc2)c1. The van der Waals surface area contributed by atoms with Crippen molar-refractivity contribution in [3.63, 3.8) is 0 Å². The number of carbonyl (C=O) groups excluding carboxylic acids is 2. The molecule has 0 spiro atoms. The molecule has 4 aromatic rings. The molecular formula is C23H21N5O2S. The topological polar surface area (TPSA) is 123 Å². The van der Waals surface area contributed by atoms with Gasteiger partial charge < -0.3 is 22.1 Å². The molecule has 2 amide bonds. The van der Waals surface area contributed by atoms with Gasteiger partial charge in [0.15, 0.2) is 5.13 Å². The zero-order valence-corrected chi connectivity index (χ0v) is 17.4. The van der Waals surface area contributed by atoms with Gasteiger partial charge in [0.25, 0.3) is 11.8 Å². The van der Waals surface area contributed by atoms with Gasteiger partial charge in [-0.1, -0.05) is 53.8 Å². The monoisotopic (exact) mass is 431 g/mol. The van der Waals surface area contributed by atoms with Crippen molar-refractivity contribution in [2.24, 2.45) is 5.73 Å². The van der Waals surface area contributed by atoms with Crippen molar-refractivity contribution in [3.05, 3.63) is 89.5 Å². The van der Waals surface area contributed by atoms with Crippen molar-refractivity contribution in [1.82, 2.24) is 10.3 Å². The van der Waals surface area contributed by atoms with Gasteiger partial charge in [0.1, 0.15) is 6.04 Å². The molecule has 1 heterocycles. The highest BCUT2D eigenvalue weighted by Gasteiger charge is 2.23. The Balaban J connectivity index is 1.59. The first-order valence-electron chi connectivity index (χ1n) is 9.65. The maximum atomic E-state index is 13.2. The summed E-state index contributed by atoms with van der Waals surface area (Å²) in [5.41, 5.74) is 14.8. The second kappa shape index (κ2) is 8.95. The van der Waals surface area contributed by atoms with E-state index >= 15 is 0 Å². The van der Waals surface area contributed by atoms with Crippen LogP contribution in [0.5, 0.6) is 0 Å². The van der Waals surface area contributed by atoms with Crippen LogP contribution in [0, 0.1) is 0 Å². The van der Waals surface area contributed by atoms with Crippen LogP contribution in [0.2, 0.25) is 0 Å². The van der Waals surface area contributed by atoms with E-state index in [1.54, 1.807) is 42.5 Å². The van der Waals surface area contributed by atoms with E-state index < -0.39 is 6.04 Å². The zero-order chi connectivity index (χ0) is 21.8. The molecular weight excluding hydrogens is 410 g/mol. The minimum Gasteiger partial charge on any atom is -0.375 e. The fourth-order valence-corrected chi connectivity index (χ4v) is 4.01. The number of carbonyl (C=O) groups is 2. The third-order valence-electron chi connectivity index (χ3n) is 4.77. The Morgan fingerprint density at radius 1 is 1.00 bits per heavy atom. The van der Waals surface area contributed by atoms with Gasteiger partial charge in [0.2, 0.25) is 0 Å². The van der Waals surface area contributed by atoms with Crippen molar-refractivity contribution in [1.29, 1.82) is 0 Å². The minimum atomic E-state index is -0.877. The van der Waals surface area contributed by atoms with E-state index in [1.165, 1.54) is 11.3 Å². The number of benzene rings is 3. The predicted molar refractivity (Wildman–Crippen MR) is 124 cm³/mol. The van der Waals surface area contributed by atoms with Crippen molar-refractivity contribution in [3.8, 4) is 0 Å². The molecule has 1 atom stereocenters. The van der Waals surface area contributed by atoms with Gasteiger partial charge in [-0.2, -0.15) is 0 Å². The standard InChI is InChI=1S/C23H21N5O2S/c24-13-14-5-4-8-16(11-14)21(29)28-20(15-6-2-1-3-7-15)22(30)26-17-9-10-18-19(12-17)31-23(25)27-18/h1-12,20H,13,24H2,(H2,25,27)(H,26,30)(H,28,29). The molecule has 156 valence electrons. The summed E-state index contributed by atoms with van der Waals surface area (Å²) >= 11 is 1.34. The summed E-state index contributed by atoms with van der Waals surface area (Å²) in [5.74, 6) is -0.712. The predicted octanol–water partition coefficient (Wildman–Crippen LogP) is 3.45. The molecule has 6 N–H and O–H groups in total. The summed E-state index contributed by atoms with van der Waals surface area (Å²) in [6.45, 7) is 0.328. The molecule has 0 saturated carbocycles. The quantitative estimate of drug-likeness (QED) is 0.372. The molecule has 1 unspecified atom stereocenters. The second-order valence-corrected chi connectivity index (χ2v) is 8.01. The first-order valence-corrected chi connectivity index (χ1v) is 10.5. The Kier molecular flexibility index (Phi) is 5.92. The van der Waals surface area contributed by atoms with Crippen LogP contribution in [0.25, 0.3) is 10.2 Å². The number of fused-ring (bicyclic) bond motifs is 1. The number of nitrogens with zero attached hydrogens (tertiary/aromatic N) is 1. The molecule has 4 rings (SSSR count). The molecule has 0 fully saturated rings. The molecule has 0 aliphatic rings. The summed E-state index contributed by atoms with van der Waals surface area (Å²) in [7, 11) is 0. The summed E-state index contributed by atoms with van der Waals surface area (Å²) in [6.07, 6.45) is 0. The van der Waals surface area contributed by atoms with E-state index in [0.29, 0.717) is 28.5 Å². The van der Waals surface area contributed by atoms with Crippen LogP contribution in [0.15, 0.2) is 72.8 Å². The minimum absolute atomic E-state index is 0.328. The van der Waals surface area contributed by atoms with Crippen LogP contribution in [0.3, 0.4) is 0 Å². The van der Waals surface area contributed by atoms with Crippen LogP contribution < -0.4 is 22.1 Å². The van der Waals surface area contributed by atoms with Gasteiger partial charge >= 0.3 is 0 Å². The van der Waals surface area contributed by atoms with E-state index in [2.05, 4.69) is 15.6 Å².